The predicted octanol–water partition coefficient (Wildman–Crippen LogP) is 5.90. The number of likely N-dealkylation sites (tertiary alicyclic amines) is 1. The highest BCUT2D eigenvalue weighted by Gasteiger charge is 2.29. The number of aryl methyl sites for hydroxylation is 1. The fraction of sp³-hybridized carbons (Fsp3) is 0.692. The first kappa shape index (κ1) is 22.8. The third kappa shape index (κ3) is 7.13. The lowest BCUT2D eigenvalue weighted by Gasteiger charge is -2.21. The first-order valence-electron chi connectivity index (χ1n) is 12.1. The van der Waals surface area contributed by atoms with Gasteiger partial charge in [0.1, 0.15) is 6.04 Å². The molecule has 1 aliphatic heterocycles. The molecule has 4 heteroatoms. The number of amides is 1. The van der Waals surface area contributed by atoms with Crippen molar-refractivity contribution in [1.82, 2.24) is 4.90 Å². The molecule has 164 valence electrons. The Kier molecular flexibility index (Phi) is 9.70. The Morgan fingerprint density at radius 1 is 0.967 bits per heavy atom. The van der Waals surface area contributed by atoms with Gasteiger partial charge in [0.2, 0.25) is 0 Å². The molecule has 1 saturated carbocycles. The van der Waals surface area contributed by atoms with Crippen molar-refractivity contribution >= 4 is 5.91 Å². The summed E-state index contributed by atoms with van der Waals surface area (Å²) in [5.74, 6) is 0.819. The van der Waals surface area contributed by atoms with E-state index >= 15 is 0 Å². The van der Waals surface area contributed by atoms with Gasteiger partial charge in [-0.1, -0.05) is 50.7 Å². The van der Waals surface area contributed by atoms with Crippen LogP contribution in [0.3, 0.4) is 0 Å². The zero-order valence-electron chi connectivity index (χ0n) is 18.5. The second-order valence-corrected chi connectivity index (χ2v) is 9.08. The monoisotopic (exact) mass is 410 g/mol. The Hall–Kier alpha value is -1.86. The molecule has 0 aromatic heterocycles. The summed E-state index contributed by atoms with van der Waals surface area (Å²) in [4.78, 5) is 14.3. The number of ether oxygens (including phenoxy) is 1. The lowest BCUT2D eigenvalue weighted by atomic mass is 9.90. The summed E-state index contributed by atoms with van der Waals surface area (Å²) in [5.41, 5.74) is 2.00. The first-order valence-corrected chi connectivity index (χ1v) is 12.1. The number of hydrogen-bond donors (Lipinski definition) is 0. The van der Waals surface area contributed by atoms with Crippen LogP contribution in [0, 0.1) is 17.2 Å². The summed E-state index contributed by atoms with van der Waals surface area (Å²) in [6.07, 6.45) is 15.9. The molecule has 0 spiro atoms. The van der Waals surface area contributed by atoms with Gasteiger partial charge in [-0.15, -0.1) is 0 Å². The maximum Gasteiger partial charge on any atom is 0.254 e. The van der Waals surface area contributed by atoms with Crippen LogP contribution in [0.25, 0.3) is 0 Å². The smallest absolute Gasteiger partial charge is 0.254 e. The SMILES string of the molecule is N#CC1CCCN1C(=O)c1ccc(CCCCCCCOCC2CCCCC2)cc1. The van der Waals surface area contributed by atoms with E-state index in [0.29, 0.717) is 12.1 Å². The molecule has 1 heterocycles. The topological polar surface area (TPSA) is 53.3 Å². The lowest BCUT2D eigenvalue weighted by Crippen LogP contribution is -2.34. The Labute approximate surface area is 182 Å². The Balaban J connectivity index is 1.23. The van der Waals surface area contributed by atoms with E-state index < -0.39 is 0 Å². The molecule has 1 amide bonds. The molecular formula is C26H38N2O2. The van der Waals surface area contributed by atoms with Crippen molar-refractivity contribution in [3.63, 3.8) is 0 Å². The number of nitriles is 1. The second kappa shape index (κ2) is 12.7. The second-order valence-electron chi connectivity index (χ2n) is 9.08. The molecule has 1 aromatic rings. The van der Waals surface area contributed by atoms with Crippen molar-refractivity contribution in [2.45, 2.75) is 89.5 Å². The molecular weight excluding hydrogens is 372 g/mol. The van der Waals surface area contributed by atoms with E-state index in [2.05, 4.69) is 18.2 Å². The third-order valence-corrected chi connectivity index (χ3v) is 6.70. The van der Waals surface area contributed by atoms with Crippen LogP contribution in [0.1, 0.15) is 93.0 Å². The van der Waals surface area contributed by atoms with Crippen LogP contribution in [0.15, 0.2) is 24.3 Å². The summed E-state index contributed by atoms with van der Waals surface area (Å²) >= 11 is 0. The van der Waals surface area contributed by atoms with Gasteiger partial charge in [-0.25, -0.2) is 0 Å². The van der Waals surface area contributed by atoms with Gasteiger partial charge in [0.15, 0.2) is 0 Å². The molecule has 3 rings (SSSR count). The number of carbonyl (C=O) groups is 1. The summed E-state index contributed by atoms with van der Waals surface area (Å²) in [6, 6.07) is 9.98. The van der Waals surface area contributed by atoms with Crippen molar-refractivity contribution in [2.24, 2.45) is 5.92 Å². The molecule has 4 nitrogen and oxygen atoms in total. The molecule has 2 fully saturated rings. The van der Waals surface area contributed by atoms with Crippen molar-refractivity contribution in [2.75, 3.05) is 19.8 Å². The summed E-state index contributed by atoms with van der Waals surface area (Å²) in [6.45, 7) is 2.60. The number of hydrogen-bond acceptors (Lipinski definition) is 3. The number of carbonyl (C=O) groups excluding carboxylic acids is 1. The van der Waals surface area contributed by atoms with Gasteiger partial charge in [0.25, 0.3) is 5.91 Å². The van der Waals surface area contributed by atoms with E-state index in [9.17, 15) is 10.1 Å². The normalized spacial score (nSPS) is 19.7. The summed E-state index contributed by atoms with van der Waals surface area (Å²) < 4.78 is 5.88. The van der Waals surface area contributed by atoms with Gasteiger partial charge in [-0.3, -0.25) is 4.79 Å². The maximum atomic E-state index is 12.6. The number of benzene rings is 1. The minimum Gasteiger partial charge on any atom is -0.381 e. The van der Waals surface area contributed by atoms with Crippen molar-refractivity contribution in [1.29, 1.82) is 5.26 Å². The van der Waals surface area contributed by atoms with Crippen molar-refractivity contribution < 1.29 is 9.53 Å². The molecule has 2 aliphatic rings. The Bertz CT molecular complexity index is 673. The van der Waals surface area contributed by atoms with E-state index in [1.807, 2.05) is 12.1 Å². The van der Waals surface area contributed by atoms with Crippen LogP contribution in [0.5, 0.6) is 0 Å². The van der Waals surface area contributed by atoms with Gasteiger partial charge in [0, 0.05) is 25.3 Å². The molecule has 30 heavy (non-hydrogen) atoms. The molecule has 0 radical (unpaired) electrons. The molecule has 1 aliphatic carbocycles. The standard InChI is InChI=1S/C26H38N2O2/c27-20-25-13-9-18-28(25)26(29)24-16-14-22(15-17-24)10-5-2-1-3-8-19-30-21-23-11-6-4-7-12-23/h14-17,23,25H,1-13,18-19,21H2. The van der Waals surface area contributed by atoms with E-state index in [-0.39, 0.29) is 11.9 Å². The van der Waals surface area contributed by atoms with Crippen LogP contribution in [-0.2, 0) is 11.2 Å². The third-order valence-electron chi connectivity index (χ3n) is 6.70. The van der Waals surface area contributed by atoms with Crippen LogP contribution < -0.4 is 0 Å². The fourth-order valence-electron chi connectivity index (χ4n) is 4.79. The minimum absolute atomic E-state index is 0.00342. The van der Waals surface area contributed by atoms with E-state index in [1.54, 1.807) is 4.90 Å². The van der Waals surface area contributed by atoms with Gasteiger partial charge in [-0.2, -0.15) is 5.26 Å². The van der Waals surface area contributed by atoms with Gasteiger partial charge >= 0.3 is 0 Å². The van der Waals surface area contributed by atoms with Gasteiger partial charge in [-0.05, 0) is 68.6 Å². The van der Waals surface area contributed by atoms with Gasteiger partial charge in [0.05, 0.1) is 6.07 Å². The molecule has 0 N–H and O–H groups in total. The van der Waals surface area contributed by atoms with Crippen LogP contribution in [-0.4, -0.2) is 36.6 Å². The average molecular weight is 411 g/mol. The molecule has 0 bridgehead atoms. The minimum atomic E-state index is -0.255. The molecule has 1 aromatic carbocycles. The van der Waals surface area contributed by atoms with Crippen molar-refractivity contribution in [3.8, 4) is 6.07 Å². The molecule has 1 saturated heterocycles. The molecule has 1 atom stereocenters. The Morgan fingerprint density at radius 3 is 2.47 bits per heavy atom. The maximum absolute atomic E-state index is 12.6. The highest BCUT2D eigenvalue weighted by Crippen LogP contribution is 2.24. The highest BCUT2D eigenvalue weighted by molar-refractivity contribution is 5.94. The summed E-state index contributed by atoms with van der Waals surface area (Å²) in [7, 11) is 0. The summed E-state index contributed by atoms with van der Waals surface area (Å²) in [5, 5.41) is 9.18. The largest absolute Gasteiger partial charge is 0.381 e. The first-order chi connectivity index (χ1) is 14.8. The average Bonchev–Trinajstić information content (AvgIpc) is 3.27. The van der Waals surface area contributed by atoms with E-state index in [0.717, 1.165) is 38.4 Å². The van der Waals surface area contributed by atoms with E-state index in [1.165, 1.54) is 69.8 Å². The number of nitrogens with zero attached hydrogens (tertiary/aromatic N) is 2. The Morgan fingerprint density at radius 2 is 1.70 bits per heavy atom. The van der Waals surface area contributed by atoms with Crippen molar-refractivity contribution in [3.05, 3.63) is 35.4 Å². The van der Waals surface area contributed by atoms with E-state index in [4.69, 9.17) is 4.74 Å². The number of unbranched alkanes of at least 4 members (excludes halogenated alkanes) is 4. The fourth-order valence-corrected chi connectivity index (χ4v) is 4.79. The quantitative estimate of drug-likeness (QED) is 0.426. The number of rotatable bonds is 11. The van der Waals surface area contributed by atoms with Gasteiger partial charge < -0.3 is 9.64 Å². The lowest BCUT2D eigenvalue weighted by molar-refractivity contribution is 0.0765. The van der Waals surface area contributed by atoms with Crippen LogP contribution in [0.2, 0.25) is 0 Å². The highest BCUT2D eigenvalue weighted by atomic mass is 16.5. The predicted molar refractivity (Wildman–Crippen MR) is 120 cm³/mol. The van der Waals surface area contributed by atoms with Crippen LogP contribution >= 0.6 is 0 Å². The van der Waals surface area contributed by atoms with Crippen LogP contribution in [0.4, 0.5) is 0 Å². The zero-order chi connectivity index (χ0) is 21.0. The molecule has 1 unspecified atom stereocenters. The zero-order valence-corrected chi connectivity index (χ0v) is 18.5.